The van der Waals surface area contributed by atoms with E-state index in [1.165, 1.54) is 4.90 Å². The fraction of sp³-hybridized carbons (Fsp3) is 0.769. The van der Waals surface area contributed by atoms with Gasteiger partial charge < -0.3 is 10.2 Å². The minimum absolute atomic E-state index is 0.0417. The van der Waals surface area contributed by atoms with Gasteiger partial charge in [0.1, 0.15) is 12.6 Å². The van der Waals surface area contributed by atoms with Crippen LogP contribution in [0.1, 0.15) is 33.6 Å². The number of hydrogen-bond donors (Lipinski definition) is 2. The van der Waals surface area contributed by atoms with Gasteiger partial charge in [-0.05, 0) is 31.7 Å². The molecule has 2 atom stereocenters. The third-order valence-electron chi connectivity index (χ3n) is 4.08. The summed E-state index contributed by atoms with van der Waals surface area (Å²) in [5.41, 5.74) is -0.161. The van der Waals surface area contributed by atoms with E-state index in [9.17, 15) is 14.4 Å². The molecular weight excluding hydrogens is 246 g/mol. The fourth-order valence-electron chi connectivity index (χ4n) is 2.78. The summed E-state index contributed by atoms with van der Waals surface area (Å²) >= 11 is 0. The minimum Gasteiger partial charge on any atom is -0.320 e. The molecule has 6 heteroatoms. The number of imide groups is 1. The lowest BCUT2D eigenvalue weighted by Gasteiger charge is -2.42. The van der Waals surface area contributed by atoms with Gasteiger partial charge in [-0.15, -0.1) is 0 Å². The van der Waals surface area contributed by atoms with E-state index >= 15 is 0 Å². The first-order chi connectivity index (χ1) is 8.83. The first kappa shape index (κ1) is 14.0. The molecule has 2 heterocycles. The van der Waals surface area contributed by atoms with Gasteiger partial charge in [0.05, 0.1) is 6.04 Å². The quantitative estimate of drug-likeness (QED) is 0.636. The van der Waals surface area contributed by atoms with Gasteiger partial charge in [0.25, 0.3) is 0 Å². The number of piperazine rings is 1. The molecule has 106 valence electrons. The van der Waals surface area contributed by atoms with Crippen molar-refractivity contribution in [2.45, 2.75) is 45.7 Å². The van der Waals surface area contributed by atoms with E-state index in [-0.39, 0.29) is 23.9 Å². The first-order valence-corrected chi connectivity index (χ1v) is 6.70. The Balaban J connectivity index is 2.18. The Morgan fingerprint density at radius 2 is 2.05 bits per heavy atom. The van der Waals surface area contributed by atoms with Crippen molar-refractivity contribution in [3.63, 3.8) is 0 Å². The van der Waals surface area contributed by atoms with Crippen molar-refractivity contribution in [3.05, 3.63) is 0 Å². The Kier molecular flexibility index (Phi) is 3.62. The minimum atomic E-state index is -0.593. The maximum Gasteiger partial charge on any atom is 0.249 e. The number of nitrogens with zero attached hydrogens (tertiary/aromatic N) is 1. The van der Waals surface area contributed by atoms with Crippen molar-refractivity contribution in [1.82, 2.24) is 15.5 Å². The number of piperidine rings is 1. The third kappa shape index (κ3) is 2.63. The lowest BCUT2D eigenvalue weighted by atomic mass is 9.77. The Morgan fingerprint density at radius 1 is 1.37 bits per heavy atom. The molecule has 0 aromatic heterocycles. The second-order valence-electron chi connectivity index (χ2n) is 6.03. The number of carbonyl (C=O) groups excluding carboxylic acids is 3. The maximum atomic E-state index is 12.6. The standard InChI is InChI=1S/C13H21N3O3/c1-8-11(18)15-9(17)7-16(8)12(19)10-13(2,3)5-4-6-14-10/h8,10,14H,4-7H2,1-3H3,(H,15,17,18). The summed E-state index contributed by atoms with van der Waals surface area (Å²) in [6.45, 7) is 6.48. The molecule has 3 amide bonds. The van der Waals surface area contributed by atoms with E-state index in [0.717, 1.165) is 19.4 Å². The van der Waals surface area contributed by atoms with Gasteiger partial charge in [0.15, 0.2) is 0 Å². The summed E-state index contributed by atoms with van der Waals surface area (Å²) in [5, 5.41) is 5.47. The van der Waals surface area contributed by atoms with Crippen LogP contribution in [0.4, 0.5) is 0 Å². The molecule has 0 bridgehead atoms. The molecule has 0 aliphatic carbocycles. The van der Waals surface area contributed by atoms with Crippen molar-refractivity contribution in [1.29, 1.82) is 0 Å². The summed E-state index contributed by atoms with van der Waals surface area (Å²) in [5.74, 6) is -0.969. The van der Waals surface area contributed by atoms with E-state index in [1.807, 2.05) is 13.8 Å². The highest BCUT2D eigenvalue weighted by Gasteiger charge is 2.43. The topological polar surface area (TPSA) is 78.5 Å². The van der Waals surface area contributed by atoms with Gasteiger partial charge in [-0.3, -0.25) is 19.7 Å². The largest absolute Gasteiger partial charge is 0.320 e. The lowest BCUT2D eigenvalue weighted by molar-refractivity contribution is -0.152. The molecule has 6 nitrogen and oxygen atoms in total. The van der Waals surface area contributed by atoms with Gasteiger partial charge in [0, 0.05) is 0 Å². The highest BCUT2D eigenvalue weighted by atomic mass is 16.2. The highest BCUT2D eigenvalue weighted by molar-refractivity contribution is 6.04. The monoisotopic (exact) mass is 267 g/mol. The van der Waals surface area contributed by atoms with Crippen molar-refractivity contribution in [2.24, 2.45) is 5.41 Å². The van der Waals surface area contributed by atoms with Crippen LogP contribution in [-0.4, -0.2) is 47.8 Å². The van der Waals surface area contributed by atoms with Crippen LogP contribution in [0.2, 0.25) is 0 Å². The van der Waals surface area contributed by atoms with Crippen LogP contribution in [0.3, 0.4) is 0 Å². The van der Waals surface area contributed by atoms with Crippen molar-refractivity contribution in [2.75, 3.05) is 13.1 Å². The average Bonchev–Trinajstić information content (AvgIpc) is 2.32. The van der Waals surface area contributed by atoms with Gasteiger partial charge in [-0.1, -0.05) is 13.8 Å². The molecule has 2 fully saturated rings. The predicted molar refractivity (Wildman–Crippen MR) is 69.1 cm³/mol. The molecule has 0 spiro atoms. The number of nitrogens with one attached hydrogen (secondary N) is 2. The van der Waals surface area contributed by atoms with Gasteiger partial charge in [0.2, 0.25) is 17.7 Å². The Morgan fingerprint density at radius 3 is 2.68 bits per heavy atom. The number of hydrogen-bond acceptors (Lipinski definition) is 4. The summed E-state index contributed by atoms with van der Waals surface area (Å²) in [6.07, 6.45) is 1.99. The zero-order valence-corrected chi connectivity index (χ0v) is 11.7. The maximum absolute atomic E-state index is 12.6. The van der Waals surface area contributed by atoms with E-state index in [2.05, 4.69) is 10.6 Å². The van der Waals surface area contributed by atoms with Crippen LogP contribution < -0.4 is 10.6 Å². The number of amides is 3. The molecule has 2 saturated heterocycles. The summed E-state index contributed by atoms with van der Waals surface area (Å²) < 4.78 is 0. The van der Waals surface area contributed by atoms with Gasteiger partial charge in [-0.2, -0.15) is 0 Å². The Bertz CT molecular complexity index is 419. The predicted octanol–water partition coefficient (Wildman–Crippen LogP) is -0.362. The second kappa shape index (κ2) is 4.92. The third-order valence-corrected chi connectivity index (χ3v) is 4.08. The van der Waals surface area contributed by atoms with E-state index in [4.69, 9.17) is 0 Å². The molecule has 0 radical (unpaired) electrons. The second-order valence-corrected chi connectivity index (χ2v) is 6.03. The molecular formula is C13H21N3O3. The lowest BCUT2D eigenvalue weighted by Crippen LogP contribution is -2.64. The Hall–Kier alpha value is -1.43. The smallest absolute Gasteiger partial charge is 0.249 e. The average molecular weight is 267 g/mol. The Labute approximate surface area is 112 Å². The molecule has 0 aromatic carbocycles. The normalized spacial score (nSPS) is 31.0. The molecule has 19 heavy (non-hydrogen) atoms. The molecule has 2 aliphatic rings. The molecule has 2 rings (SSSR count). The SMILES string of the molecule is CC1C(=O)NC(=O)CN1C(=O)C1NCCCC1(C)C. The van der Waals surface area contributed by atoms with Crippen LogP contribution in [0.25, 0.3) is 0 Å². The molecule has 2 unspecified atom stereocenters. The van der Waals surface area contributed by atoms with E-state index in [1.54, 1.807) is 6.92 Å². The first-order valence-electron chi connectivity index (χ1n) is 6.70. The van der Waals surface area contributed by atoms with E-state index < -0.39 is 17.9 Å². The molecule has 0 saturated carbocycles. The summed E-state index contributed by atoms with van der Waals surface area (Å²) in [7, 11) is 0. The van der Waals surface area contributed by atoms with Crippen LogP contribution >= 0.6 is 0 Å². The van der Waals surface area contributed by atoms with Crippen LogP contribution in [0.15, 0.2) is 0 Å². The van der Waals surface area contributed by atoms with Crippen molar-refractivity contribution >= 4 is 17.7 Å². The van der Waals surface area contributed by atoms with Gasteiger partial charge in [-0.25, -0.2) is 0 Å². The summed E-state index contributed by atoms with van der Waals surface area (Å²) in [6, 6.07) is -0.924. The highest BCUT2D eigenvalue weighted by Crippen LogP contribution is 2.31. The van der Waals surface area contributed by atoms with Gasteiger partial charge >= 0.3 is 0 Å². The zero-order valence-electron chi connectivity index (χ0n) is 11.7. The summed E-state index contributed by atoms with van der Waals surface area (Å²) in [4.78, 5) is 37.0. The number of rotatable bonds is 1. The van der Waals surface area contributed by atoms with Crippen molar-refractivity contribution in [3.8, 4) is 0 Å². The van der Waals surface area contributed by atoms with Crippen LogP contribution in [0, 0.1) is 5.41 Å². The molecule has 2 N–H and O–H groups in total. The van der Waals surface area contributed by atoms with Crippen LogP contribution in [-0.2, 0) is 14.4 Å². The van der Waals surface area contributed by atoms with Crippen molar-refractivity contribution < 1.29 is 14.4 Å². The number of carbonyl (C=O) groups is 3. The molecule has 2 aliphatic heterocycles. The fourth-order valence-corrected chi connectivity index (χ4v) is 2.78. The zero-order chi connectivity index (χ0) is 14.2. The van der Waals surface area contributed by atoms with Crippen LogP contribution in [0.5, 0.6) is 0 Å². The van der Waals surface area contributed by atoms with E-state index in [0.29, 0.717) is 0 Å². The molecule has 0 aromatic rings.